The first-order valence-electron chi connectivity index (χ1n) is 11.1. The Bertz CT molecular complexity index is 1260. The lowest BCUT2D eigenvalue weighted by atomic mass is 10.1. The van der Waals surface area contributed by atoms with Crippen molar-refractivity contribution in [1.29, 1.82) is 0 Å². The predicted octanol–water partition coefficient (Wildman–Crippen LogP) is 5.48. The summed E-state index contributed by atoms with van der Waals surface area (Å²) >= 11 is 0. The number of hydrogen-bond donors (Lipinski definition) is 2. The topological polar surface area (TPSA) is 97.7 Å². The summed E-state index contributed by atoms with van der Waals surface area (Å²) in [6.07, 6.45) is 3.08. The molecule has 0 aliphatic rings. The molecule has 0 saturated heterocycles. The Hall–Kier alpha value is -3.58. The molecule has 2 N–H and O–H groups in total. The Morgan fingerprint density at radius 2 is 1.94 bits per heavy atom. The molecule has 4 rings (SSSR count). The van der Waals surface area contributed by atoms with E-state index in [1.807, 2.05) is 62.4 Å². The number of fused-ring (bicyclic) bond motifs is 1. The van der Waals surface area contributed by atoms with Crippen LogP contribution in [0.5, 0.6) is 5.75 Å². The van der Waals surface area contributed by atoms with Gasteiger partial charge in [0.15, 0.2) is 6.23 Å². The van der Waals surface area contributed by atoms with Crippen LogP contribution in [0.4, 0.5) is 0 Å². The third kappa shape index (κ3) is 5.09. The number of carbonyl (C=O) groups is 1. The van der Waals surface area contributed by atoms with Crippen molar-refractivity contribution < 1.29 is 24.2 Å². The minimum atomic E-state index is -0.979. The zero-order valence-electron chi connectivity index (χ0n) is 18.8. The molecule has 0 aliphatic carbocycles. The highest BCUT2D eigenvalue weighted by Crippen LogP contribution is 2.33. The van der Waals surface area contributed by atoms with Crippen LogP contribution in [0.2, 0.25) is 0 Å². The van der Waals surface area contributed by atoms with E-state index in [4.69, 9.17) is 14.3 Å². The van der Waals surface area contributed by atoms with Crippen LogP contribution < -0.4 is 4.74 Å². The van der Waals surface area contributed by atoms with E-state index < -0.39 is 12.2 Å². The maximum atomic E-state index is 11.4. The number of rotatable bonds is 10. The van der Waals surface area contributed by atoms with Gasteiger partial charge in [-0.1, -0.05) is 18.2 Å². The Labute approximate surface area is 192 Å². The smallest absolute Gasteiger partial charge is 0.303 e. The normalized spacial score (nSPS) is 12.2. The Balaban J connectivity index is 1.56. The number of imidazole rings is 1. The molecule has 172 valence electrons. The van der Waals surface area contributed by atoms with Crippen molar-refractivity contribution in [3.63, 3.8) is 0 Å². The van der Waals surface area contributed by atoms with E-state index in [1.54, 1.807) is 10.8 Å². The summed E-state index contributed by atoms with van der Waals surface area (Å²) in [5, 5.41) is 21.1. The maximum absolute atomic E-state index is 11.4. The van der Waals surface area contributed by atoms with Crippen LogP contribution in [0.3, 0.4) is 0 Å². The number of benzene rings is 2. The SMILES string of the molecule is Cc1cc2cc(-c3ncc(C)n3C(O)c3ccccc3OCCCCCC(=O)O)ccc2o1. The predicted molar refractivity (Wildman–Crippen MR) is 125 cm³/mol. The fourth-order valence-electron chi connectivity index (χ4n) is 3.99. The molecule has 7 heteroatoms. The summed E-state index contributed by atoms with van der Waals surface area (Å²) in [4.78, 5) is 15.2. The second-order valence-electron chi connectivity index (χ2n) is 8.17. The van der Waals surface area contributed by atoms with Crippen LogP contribution in [0.25, 0.3) is 22.4 Å². The van der Waals surface area contributed by atoms with E-state index in [0.717, 1.165) is 40.8 Å². The molecule has 0 saturated carbocycles. The molecule has 0 spiro atoms. The number of aryl methyl sites for hydroxylation is 2. The zero-order valence-corrected chi connectivity index (χ0v) is 18.8. The number of aliphatic hydroxyl groups excluding tert-OH is 1. The van der Waals surface area contributed by atoms with Crippen LogP contribution in [-0.4, -0.2) is 32.3 Å². The number of carboxylic acids is 1. The molecule has 2 aromatic carbocycles. The van der Waals surface area contributed by atoms with Gasteiger partial charge >= 0.3 is 5.97 Å². The minimum Gasteiger partial charge on any atom is -0.493 e. The summed E-state index contributed by atoms with van der Waals surface area (Å²) < 4.78 is 13.4. The summed E-state index contributed by atoms with van der Waals surface area (Å²) in [6.45, 7) is 4.28. The highest BCUT2D eigenvalue weighted by atomic mass is 16.5. The fraction of sp³-hybridized carbons (Fsp3) is 0.308. The first-order valence-corrected chi connectivity index (χ1v) is 11.1. The van der Waals surface area contributed by atoms with Crippen LogP contribution >= 0.6 is 0 Å². The highest BCUT2D eigenvalue weighted by Gasteiger charge is 2.21. The van der Waals surface area contributed by atoms with Crippen LogP contribution in [-0.2, 0) is 4.79 Å². The summed E-state index contributed by atoms with van der Waals surface area (Å²) in [5.74, 6) is 1.32. The molecular formula is C26H28N2O5. The van der Waals surface area contributed by atoms with E-state index in [0.29, 0.717) is 30.2 Å². The van der Waals surface area contributed by atoms with Crippen molar-refractivity contribution in [2.24, 2.45) is 0 Å². The van der Waals surface area contributed by atoms with Gasteiger partial charge in [0.2, 0.25) is 0 Å². The van der Waals surface area contributed by atoms with Gasteiger partial charge in [-0.2, -0.15) is 0 Å². The monoisotopic (exact) mass is 448 g/mol. The average molecular weight is 449 g/mol. The van der Waals surface area contributed by atoms with E-state index in [9.17, 15) is 9.90 Å². The fourth-order valence-corrected chi connectivity index (χ4v) is 3.99. The molecule has 0 fully saturated rings. The first kappa shape index (κ1) is 22.6. The summed E-state index contributed by atoms with van der Waals surface area (Å²) in [5.41, 5.74) is 3.16. The number of aliphatic carboxylic acids is 1. The Morgan fingerprint density at radius 1 is 1.12 bits per heavy atom. The zero-order chi connectivity index (χ0) is 23.4. The Kier molecular flexibility index (Phi) is 6.79. The summed E-state index contributed by atoms with van der Waals surface area (Å²) in [6, 6.07) is 15.3. The van der Waals surface area contributed by atoms with Gasteiger partial charge in [0.05, 0.1) is 6.61 Å². The second kappa shape index (κ2) is 9.92. The molecule has 33 heavy (non-hydrogen) atoms. The molecule has 0 aliphatic heterocycles. The van der Waals surface area contributed by atoms with Crippen molar-refractivity contribution >= 4 is 16.9 Å². The van der Waals surface area contributed by atoms with Gasteiger partial charge in [0.25, 0.3) is 0 Å². The molecule has 0 bridgehead atoms. The van der Waals surface area contributed by atoms with Crippen molar-refractivity contribution in [2.75, 3.05) is 6.61 Å². The number of nitrogens with zero attached hydrogens (tertiary/aromatic N) is 2. The van der Waals surface area contributed by atoms with Crippen molar-refractivity contribution in [1.82, 2.24) is 9.55 Å². The molecule has 0 amide bonds. The lowest BCUT2D eigenvalue weighted by Gasteiger charge is -2.20. The van der Waals surface area contributed by atoms with Crippen LogP contribution in [0.15, 0.2) is 59.1 Å². The van der Waals surface area contributed by atoms with Gasteiger partial charge in [-0.25, -0.2) is 4.98 Å². The lowest BCUT2D eigenvalue weighted by Crippen LogP contribution is -2.14. The average Bonchev–Trinajstić information content (AvgIpc) is 3.36. The van der Waals surface area contributed by atoms with Crippen molar-refractivity contribution in [3.05, 3.63) is 71.7 Å². The number of unbranched alkanes of at least 4 members (excludes halogenated alkanes) is 2. The van der Waals surface area contributed by atoms with Gasteiger partial charge in [-0.3, -0.25) is 9.36 Å². The molecule has 7 nitrogen and oxygen atoms in total. The van der Waals surface area contributed by atoms with Gasteiger partial charge in [-0.05, 0) is 63.4 Å². The maximum Gasteiger partial charge on any atom is 0.303 e. The van der Waals surface area contributed by atoms with Gasteiger partial charge in [0, 0.05) is 34.8 Å². The molecule has 0 radical (unpaired) electrons. The molecule has 2 aromatic heterocycles. The van der Waals surface area contributed by atoms with Crippen molar-refractivity contribution in [2.45, 2.75) is 45.8 Å². The number of aliphatic hydroxyl groups is 1. The third-order valence-electron chi connectivity index (χ3n) is 5.61. The molecular weight excluding hydrogens is 420 g/mol. The van der Waals surface area contributed by atoms with Gasteiger partial charge < -0.3 is 19.4 Å². The quantitative estimate of drug-likeness (QED) is 0.312. The van der Waals surface area contributed by atoms with E-state index in [2.05, 4.69) is 4.98 Å². The number of carboxylic acid groups (broad SMARTS) is 1. The van der Waals surface area contributed by atoms with Gasteiger partial charge in [0.1, 0.15) is 22.9 Å². The van der Waals surface area contributed by atoms with Crippen LogP contribution in [0, 0.1) is 13.8 Å². The molecule has 1 unspecified atom stereocenters. The lowest BCUT2D eigenvalue weighted by molar-refractivity contribution is -0.137. The third-order valence-corrected chi connectivity index (χ3v) is 5.61. The van der Waals surface area contributed by atoms with E-state index >= 15 is 0 Å². The highest BCUT2D eigenvalue weighted by molar-refractivity contribution is 5.83. The minimum absolute atomic E-state index is 0.169. The number of ether oxygens (including phenoxy) is 1. The number of hydrogen-bond acceptors (Lipinski definition) is 5. The Morgan fingerprint density at radius 3 is 2.76 bits per heavy atom. The number of furan rings is 1. The molecule has 1 atom stereocenters. The number of aromatic nitrogens is 2. The standard InChI is InChI=1S/C26H28N2O5/c1-17-16-27-25(19-11-12-22-20(15-19)14-18(2)33-22)28(17)26(31)21-8-5-6-9-23(21)32-13-7-3-4-10-24(29)30/h5-6,8-9,11-12,14-16,26,31H,3-4,7,10,13H2,1-2H3,(H,29,30). The van der Waals surface area contributed by atoms with E-state index in [-0.39, 0.29) is 6.42 Å². The molecule has 2 heterocycles. The number of para-hydroxylation sites is 1. The van der Waals surface area contributed by atoms with E-state index in [1.165, 1.54) is 0 Å². The first-order chi connectivity index (χ1) is 15.9. The largest absolute Gasteiger partial charge is 0.493 e. The van der Waals surface area contributed by atoms with Crippen LogP contribution in [0.1, 0.15) is 48.9 Å². The molecule has 4 aromatic rings. The van der Waals surface area contributed by atoms with Gasteiger partial charge in [-0.15, -0.1) is 0 Å². The van der Waals surface area contributed by atoms with Crippen molar-refractivity contribution in [3.8, 4) is 17.1 Å². The summed E-state index contributed by atoms with van der Waals surface area (Å²) in [7, 11) is 0. The second-order valence-corrected chi connectivity index (χ2v) is 8.17.